The fourth-order valence-corrected chi connectivity index (χ4v) is 1.28. The van der Waals surface area contributed by atoms with E-state index in [-0.39, 0.29) is 0 Å². The highest BCUT2D eigenvalue weighted by molar-refractivity contribution is 5.29. The first kappa shape index (κ1) is 15.9. The minimum Gasteiger partial charge on any atom is -0.193 e. The Labute approximate surface area is 111 Å². The van der Waals surface area contributed by atoms with Gasteiger partial charge in [-0.05, 0) is 38.3 Å². The van der Waals surface area contributed by atoms with Crippen molar-refractivity contribution in [3.63, 3.8) is 0 Å². The van der Waals surface area contributed by atoms with E-state index in [2.05, 4.69) is 31.4 Å². The number of hydrogen-bond donors (Lipinski definition) is 0. The standard InChI is InChI=1S/C17H21N/c1-5-9-15(3)10-7-8-11-17(6-2)13-12-16(4)14-18/h5-7,9-10,12-13H,1-2,8,11H2,3-4H3/b10-7-,15-9-,16-12+,17-13+. The third kappa shape index (κ3) is 8.13. The number of nitriles is 1. The van der Waals surface area contributed by atoms with Crippen molar-refractivity contribution >= 4 is 0 Å². The molecule has 0 radical (unpaired) electrons. The Bertz CT molecular complexity index is 437. The SMILES string of the molecule is C=C/C=C(C)\C=C/CC/C(C=C)=C/C=C(\C)C#N. The molecule has 0 aliphatic heterocycles. The molecule has 0 aromatic rings. The maximum Gasteiger partial charge on any atom is 0.0944 e. The van der Waals surface area contributed by atoms with Crippen LogP contribution in [0.4, 0.5) is 0 Å². The molecule has 0 atom stereocenters. The van der Waals surface area contributed by atoms with Gasteiger partial charge in [-0.25, -0.2) is 0 Å². The van der Waals surface area contributed by atoms with Gasteiger partial charge in [0.15, 0.2) is 0 Å². The average Bonchev–Trinajstić information content (AvgIpc) is 2.37. The van der Waals surface area contributed by atoms with E-state index in [1.165, 1.54) is 5.57 Å². The smallest absolute Gasteiger partial charge is 0.0944 e. The van der Waals surface area contributed by atoms with Gasteiger partial charge in [0.1, 0.15) is 0 Å². The molecule has 0 spiro atoms. The molecule has 0 saturated heterocycles. The molecule has 0 unspecified atom stereocenters. The maximum absolute atomic E-state index is 8.65. The van der Waals surface area contributed by atoms with Gasteiger partial charge in [0.05, 0.1) is 6.07 Å². The normalized spacial score (nSPS) is 13.5. The third-order valence-electron chi connectivity index (χ3n) is 2.35. The van der Waals surface area contributed by atoms with Gasteiger partial charge < -0.3 is 0 Å². The molecule has 0 aliphatic rings. The van der Waals surface area contributed by atoms with E-state index >= 15 is 0 Å². The molecule has 0 heterocycles. The van der Waals surface area contributed by atoms with E-state index in [0.29, 0.717) is 5.57 Å². The summed E-state index contributed by atoms with van der Waals surface area (Å²) in [6.07, 6.45) is 15.5. The van der Waals surface area contributed by atoms with Gasteiger partial charge in [-0.3, -0.25) is 0 Å². The lowest BCUT2D eigenvalue weighted by Gasteiger charge is -1.97. The van der Waals surface area contributed by atoms with E-state index in [1.807, 2.05) is 31.2 Å². The number of hydrogen-bond acceptors (Lipinski definition) is 1. The second-order valence-corrected chi connectivity index (χ2v) is 3.99. The number of nitrogens with zero attached hydrogens (tertiary/aromatic N) is 1. The predicted octanol–water partition coefficient (Wildman–Crippen LogP) is 5.04. The molecule has 0 amide bonds. The Morgan fingerprint density at radius 2 is 1.89 bits per heavy atom. The summed E-state index contributed by atoms with van der Waals surface area (Å²) in [6.45, 7) is 11.3. The Balaban J connectivity index is 4.35. The molecule has 0 aromatic carbocycles. The van der Waals surface area contributed by atoms with Crippen LogP contribution in [0.2, 0.25) is 0 Å². The van der Waals surface area contributed by atoms with Crippen molar-refractivity contribution < 1.29 is 0 Å². The Kier molecular flexibility index (Phi) is 8.95. The van der Waals surface area contributed by atoms with Crippen molar-refractivity contribution in [1.29, 1.82) is 5.26 Å². The Morgan fingerprint density at radius 1 is 1.17 bits per heavy atom. The predicted molar refractivity (Wildman–Crippen MR) is 80.0 cm³/mol. The number of rotatable bonds is 7. The molecule has 1 nitrogen and oxygen atoms in total. The van der Waals surface area contributed by atoms with Crippen LogP contribution in [0.25, 0.3) is 0 Å². The van der Waals surface area contributed by atoms with Crippen molar-refractivity contribution in [2.75, 3.05) is 0 Å². The lowest BCUT2D eigenvalue weighted by Crippen LogP contribution is -1.78. The van der Waals surface area contributed by atoms with Crippen LogP contribution in [0.3, 0.4) is 0 Å². The summed E-state index contributed by atoms with van der Waals surface area (Å²) in [5.41, 5.74) is 3.03. The topological polar surface area (TPSA) is 23.8 Å². The van der Waals surface area contributed by atoms with Gasteiger partial charge in [-0.1, -0.05) is 55.2 Å². The Hall–Kier alpha value is -2.07. The third-order valence-corrected chi connectivity index (χ3v) is 2.35. The van der Waals surface area contributed by atoms with E-state index < -0.39 is 0 Å². The molecule has 94 valence electrons. The highest BCUT2D eigenvalue weighted by Gasteiger charge is 1.90. The summed E-state index contributed by atoms with van der Waals surface area (Å²) in [7, 11) is 0. The summed E-state index contributed by atoms with van der Waals surface area (Å²) in [6, 6.07) is 2.09. The molecule has 0 aliphatic carbocycles. The van der Waals surface area contributed by atoms with Gasteiger partial charge in [0.2, 0.25) is 0 Å². The second kappa shape index (κ2) is 10.1. The highest BCUT2D eigenvalue weighted by atomic mass is 14.2. The summed E-state index contributed by atoms with van der Waals surface area (Å²) in [4.78, 5) is 0. The van der Waals surface area contributed by atoms with Gasteiger partial charge in [0, 0.05) is 5.57 Å². The average molecular weight is 239 g/mol. The van der Waals surface area contributed by atoms with Crippen molar-refractivity contribution in [2.45, 2.75) is 26.7 Å². The van der Waals surface area contributed by atoms with Crippen molar-refractivity contribution in [1.82, 2.24) is 0 Å². The number of allylic oxidation sites excluding steroid dienone is 10. The van der Waals surface area contributed by atoms with Crippen LogP contribution >= 0.6 is 0 Å². The maximum atomic E-state index is 8.65. The summed E-state index contributed by atoms with van der Waals surface area (Å²) in [5, 5.41) is 8.65. The molecule has 0 fully saturated rings. The fraction of sp³-hybridized carbons (Fsp3) is 0.235. The highest BCUT2D eigenvalue weighted by Crippen LogP contribution is 2.09. The van der Waals surface area contributed by atoms with Crippen LogP contribution in [0.5, 0.6) is 0 Å². The fourth-order valence-electron chi connectivity index (χ4n) is 1.28. The van der Waals surface area contributed by atoms with Crippen molar-refractivity contribution in [2.24, 2.45) is 0 Å². The molecule has 1 heteroatoms. The zero-order valence-electron chi connectivity index (χ0n) is 11.3. The first-order chi connectivity index (χ1) is 8.63. The van der Waals surface area contributed by atoms with Crippen molar-refractivity contribution in [3.05, 3.63) is 72.4 Å². The largest absolute Gasteiger partial charge is 0.193 e. The summed E-state index contributed by atoms with van der Waals surface area (Å²) < 4.78 is 0. The van der Waals surface area contributed by atoms with Gasteiger partial charge in [-0.2, -0.15) is 5.26 Å². The van der Waals surface area contributed by atoms with E-state index in [0.717, 1.165) is 18.4 Å². The van der Waals surface area contributed by atoms with Crippen LogP contribution in [0, 0.1) is 11.3 Å². The lowest BCUT2D eigenvalue weighted by molar-refractivity contribution is 1.01. The molecule has 0 aromatic heterocycles. The molecular formula is C17H21N. The lowest BCUT2D eigenvalue weighted by atomic mass is 10.1. The van der Waals surface area contributed by atoms with Crippen LogP contribution < -0.4 is 0 Å². The van der Waals surface area contributed by atoms with Gasteiger partial charge >= 0.3 is 0 Å². The monoisotopic (exact) mass is 239 g/mol. The van der Waals surface area contributed by atoms with E-state index in [4.69, 9.17) is 5.26 Å². The molecule has 0 bridgehead atoms. The molecule has 0 rings (SSSR count). The first-order valence-corrected chi connectivity index (χ1v) is 6.00. The van der Waals surface area contributed by atoms with Crippen LogP contribution in [0.1, 0.15) is 26.7 Å². The Morgan fingerprint density at radius 3 is 2.44 bits per heavy atom. The van der Waals surface area contributed by atoms with E-state index in [1.54, 1.807) is 13.0 Å². The van der Waals surface area contributed by atoms with Crippen LogP contribution in [0.15, 0.2) is 72.4 Å². The molecular weight excluding hydrogens is 218 g/mol. The van der Waals surface area contributed by atoms with Crippen molar-refractivity contribution in [3.8, 4) is 6.07 Å². The summed E-state index contributed by atoms with van der Waals surface area (Å²) in [5.74, 6) is 0. The van der Waals surface area contributed by atoms with Gasteiger partial charge in [-0.15, -0.1) is 0 Å². The van der Waals surface area contributed by atoms with Crippen LogP contribution in [-0.4, -0.2) is 0 Å². The summed E-state index contributed by atoms with van der Waals surface area (Å²) >= 11 is 0. The first-order valence-electron chi connectivity index (χ1n) is 6.00. The minimum absolute atomic E-state index is 0.703. The zero-order chi connectivity index (χ0) is 13.8. The molecule has 0 N–H and O–H groups in total. The van der Waals surface area contributed by atoms with Crippen LogP contribution in [-0.2, 0) is 0 Å². The van der Waals surface area contributed by atoms with E-state index in [9.17, 15) is 0 Å². The quantitative estimate of drug-likeness (QED) is 0.451. The second-order valence-electron chi connectivity index (χ2n) is 3.99. The molecule has 0 saturated carbocycles. The minimum atomic E-state index is 0.703. The molecule has 18 heavy (non-hydrogen) atoms. The van der Waals surface area contributed by atoms with Gasteiger partial charge in [0.25, 0.3) is 0 Å². The zero-order valence-corrected chi connectivity index (χ0v) is 11.3.